The number of anilines is 1. The van der Waals surface area contributed by atoms with E-state index in [1.807, 2.05) is 54.3 Å². The molecule has 0 bridgehead atoms. The van der Waals surface area contributed by atoms with E-state index >= 15 is 0 Å². The first-order chi connectivity index (χ1) is 16.4. The zero-order valence-corrected chi connectivity index (χ0v) is 20.0. The first-order valence-corrected chi connectivity index (χ1v) is 12.2. The molecule has 0 radical (unpaired) electrons. The molecule has 7 nitrogen and oxygen atoms in total. The normalized spacial score (nSPS) is 24.3. The van der Waals surface area contributed by atoms with Gasteiger partial charge >= 0.3 is 0 Å². The summed E-state index contributed by atoms with van der Waals surface area (Å²) in [4.78, 5) is 44.4. The number of hydrogen-bond donors (Lipinski definition) is 0. The van der Waals surface area contributed by atoms with Crippen molar-refractivity contribution in [1.82, 2.24) is 9.80 Å². The molecular weight excluding hydrogens is 454 g/mol. The predicted octanol–water partition coefficient (Wildman–Crippen LogP) is 4.02. The third kappa shape index (κ3) is 3.97. The molecule has 0 spiro atoms. The average Bonchev–Trinajstić information content (AvgIpc) is 3.16. The minimum Gasteiger partial charge on any atom is -0.370 e. The Morgan fingerprint density at radius 1 is 1.15 bits per heavy atom. The fraction of sp³-hybridized carbons (Fsp3) is 0.423. The van der Waals surface area contributed by atoms with Gasteiger partial charge in [0.15, 0.2) is 0 Å². The van der Waals surface area contributed by atoms with Crippen LogP contribution in [0, 0.1) is 0 Å². The highest BCUT2D eigenvalue weighted by Gasteiger charge is 2.52. The number of benzene rings is 2. The molecule has 8 heteroatoms. The van der Waals surface area contributed by atoms with Crippen LogP contribution in [-0.4, -0.2) is 59.4 Å². The fourth-order valence-corrected chi connectivity index (χ4v) is 5.47. The lowest BCUT2D eigenvalue weighted by Gasteiger charge is -2.48. The van der Waals surface area contributed by atoms with E-state index in [1.54, 1.807) is 15.9 Å². The van der Waals surface area contributed by atoms with Crippen molar-refractivity contribution in [1.29, 1.82) is 0 Å². The number of para-hydroxylation sites is 1. The molecule has 2 atom stereocenters. The monoisotopic (exact) mass is 481 g/mol. The maximum absolute atomic E-state index is 13.3. The van der Waals surface area contributed by atoms with Gasteiger partial charge in [-0.15, -0.1) is 0 Å². The minimum absolute atomic E-state index is 0.0325. The molecule has 0 aromatic heterocycles. The Kier molecular flexibility index (Phi) is 6.08. The maximum Gasteiger partial charge on any atom is 0.257 e. The molecule has 2 saturated heterocycles. The van der Waals surface area contributed by atoms with E-state index in [4.69, 9.17) is 16.3 Å². The lowest BCUT2D eigenvalue weighted by atomic mass is 9.97. The molecule has 0 aliphatic carbocycles. The van der Waals surface area contributed by atoms with Crippen molar-refractivity contribution in [3.8, 4) is 0 Å². The number of hydrogen-bond acceptors (Lipinski definition) is 4. The van der Waals surface area contributed by atoms with Crippen molar-refractivity contribution in [2.45, 2.75) is 44.4 Å². The molecule has 178 valence electrons. The fourth-order valence-electron chi connectivity index (χ4n) is 5.34. The second kappa shape index (κ2) is 9.04. The van der Waals surface area contributed by atoms with E-state index < -0.39 is 5.66 Å². The number of amides is 3. The summed E-state index contributed by atoms with van der Waals surface area (Å²) in [5.41, 5.74) is 1.54. The lowest BCUT2D eigenvalue weighted by Crippen LogP contribution is -2.62. The van der Waals surface area contributed by atoms with Gasteiger partial charge < -0.3 is 14.5 Å². The first-order valence-electron chi connectivity index (χ1n) is 11.8. The summed E-state index contributed by atoms with van der Waals surface area (Å²) >= 11 is 5.99. The molecule has 2 unspecified atom stereocenters. The van der Waals surface area contributed by atoms with Crippen molar-refractivity contribution in [3.63, 3.8) is 0 Å². The molecule has 3 heterocycles. The van der Waals surface area contributed by atoms with Crippen molar-refractivity contribution >= 4 is 35.0 Å². The lowest BCUT2D eigenvalue weighted by molar-refractivity contribution is -0.139. The van der Waals surface area contributed by atoms with Gasteiger partial charge in [0, 0.05) is 31.0 Å². The van der Waals surface area contributed by atoms with Gasteiger partial charge in [0.1, 0.15) is 11.8 Å². The van der Waals surface area contributed by atoms with Crippen molar-refractivity contribution < 1.29 is 19.1 Å². The topological polar surface area (TPSA) is 70.2 Å². The molecule has 0 N–H and O–H groups in total. The number of nitrogens with zero attached hydrogens (tertiary/aromatic N) is 3. The van der Waals surface area contributed by atoms with E-state index in [0.29, 0.717) is 68.2 Å². The average molecular weight is 482 g/mol. The highest BCUT2D eigenvalue weighted by atomic mass is 35.5. The summed E-state index contributed by atoms with van der Waals surface area (Å²) in [6.07, 6.45) is 1.70. The Hall–Kier alpha value is -2.90. The second-order valence-corrected chi connectivity index (χ2v) is 9.71. The van der Waals surface area contributed by atoms with Crippen LogP contribution < -0.4 is 4.90 Å². The number of morpholine rings is 1. The highest BCUT2D eigenvalue weighted by molar-refractivity contribution is 6.30. The molecule has 2 aromatic carbocycles. The molecule has 2 aromatic rings. The summed E-state index contributed by atoms with van der Waals surface area (Å²) in [5, 5.41) is 0.665. The van der Waals surface area contributed by atoms with Gasteiger partial charge in [-0.2, -0.15) is 0 Å². The van der Waals surface area contributed by atoms with E-state index in [-0.39, 0.29) is 23.8 Å². The standard InChI is InChI=1S/C26H28ClN3O4/c1-26-13-12-24(32)30(26)21-6-3-2-5-20(21)25(33)29(26)14-4-7-23(31)28-15-16-34-22(17-28)18-8-10-19(27)11-9-18/h2-3,5-6,8-11,22H,4,7,12-17H2,1H3. The number of ether oxygens (including phenoxy) is 1. The van der Waals surface area contributed by atoms with Gasteiger partial charge in [-0.1, -0.05) is 35.9 Å². The van der Waals surface area contributed by atoms with Crippen LogP contribution in [0.5, 0.6) is 0 Å². The number of fused-ring (bicyclic) bond motifs is 3. The molecule has 2 fully saturated rings. The first kappa shape index (κ1) is 22.9. The van der Waals surface area contributed by atoms with Gasteiger partial charge in [0.2, 0.25) is 11.8 Å². The van der Waals surface area contributed by atoms with Crippen molar-refractivity contribution in [2.75, 3.05) is 31.1 Å². The molecule has 3 aliphatic rings. The van der Waals surface area contributed by atoms with Crippen LogP contribution in [0.2, 0.25) is 5.02 Å². The van der Waals surface area contributed by atoms with Gasteiger partial charge in [-0.3, -0.25) is 19.3 Å². The predicted molar refractivity (Wildman–Crippen MR) is 129 cm³/mol. The smallest absolute Gasteiger partial charge is 0.257 e. The van der Waals surface area contributed by atoms with Crippen LogP contribution in [-0.2, 0) is 14.3 Å². The van der Waals surface area contributed by atoms with Gasteiger partial charge in [-0.05, 0) is 49.6 Å². The van der Waals surface area contributed by atoms with E-state index in [1.165, 1.54) is 0 Å². The molecule has 0 saturated carbocycles. The Bertz CT molecular complexity index is 1120. The number of carbonyl (C=O) groups is 3. The number of carbonyl (C=O) groups excluding carboxylic acids is 3. The summed E-state index contributed by atoms with van der Waals surface area (Å²) in [7, 11) is 0. The Morgan fingerprint density at radius 2 is 1.91 bits per heavy atom. The minimum atomic E-state index is -0.690. The summed E-state index contributed by atoms with van der Waals surface area (Å²) in [6.45, 7) is 3.90. The Labute approximate surface area is 204 Å². The van der Waals surface area contributed by atoms with Gasteiger partial charge in [0.25, 0.3) is 5.91 Å². The molecular formula is C26H28ClN3O4. The van der Waals surface area contributed by atoms with Crippen LogP contribution in [0.15, 0.2) is 48.5 Å². The molecule has 3 aliphatic heterocycles. The maximum atomic E-state index is 13.3. The van der Waals surface area contributed by atoms with E-state index in [9.17, 15) is 14.4 Å². The highest BCUT2D eigenvalue weighted by Crippen LogP contribution is 2.44. The van der Waals surface area contributed by atoms with Crippen molar-refractivity contribution in [3.05, 3.63) is 64.7 Å². The van der Waals surface area contributed by atoms with E-state index in [2.05, 4.69) is 0 Å². The molecule has 3 amide bonds. The number of rotatable bonds is 5. The Balaban J connectivity index is 1.24. The van der Waals surface area contributed by atoms with E-state index in [0.717, 1.165) is 5.56 Å². The Morgan fingerprint density at radius 3 is 2.71 bits per heavy atom. The van der Waals surface area contributed by atoms with Crippen molar-refractivity contribution in [2.24, 2.45) is 0 Å². The van der Waals surface area contributed by atoms with Crippen LogP contribution in [0.25, 0.3) is 0 Å². The molecule has 34 heavy (non-hydrogen) atoms. The molecule has 5 rings (SSSR count). The van der Waals surface area contributed by atoms with Crippen LogP contribution in [0.4, 0.5) is 5.69 Å². The zero-order valence-electron chi connectivity index (χ0n) is 19.2. The largest absolute Gasteiger partial charge is 0.370 e. The summed E-state index contributed by atoms with van der Waals surface area (Å²) in [5.74, 6) is 0.00684. The van der Waals surface area contributed by atoms with Gasteiger partial charge in [0.05, 0.1) is 24.4 Å². The van der Waals surface area contributed by atoms with Crippen LogP contribution in [0.1, 0.15) is 54.6 Å². The van der Waals surface area contributed by atoms with Crippen LogP contribution >= 0.6 is 11.6 Å². The third-order valence-corrected chi connectivity index (χ3v) is 7.43. The van der Waals surface area contributed by atoms with Crippen LogP contribution in [0.3, 0.4) is 0 Å². The SMILES string of the molecule is CC12CCC(=O)N1c1ccccc1C(=O)N2CCCC(=O)N1CCOC(c2ccc(Cl)cc2)C1. The quantitative estimate of drug-likeness (QED) is 0.646. The zero-order chi connectivity index (χ0) is 23.9. The third-order valence-electron chi connectivity index (χ3n) is 7.18. The number of halogens is 1. The van der Waals surface area contributed by atoms with Gasteiger partial charge in [-0.25, -0.2) is 0 Å². The summed E-state index contributed by atoms with van der Waals surface area (Å²) < 4.78 is 5.87. The summed E-state index contributed by atoms with van der Waals surface area (Å²) in [6, 6.07) is 14.8. The second-order valence-electron chi connectivity index (χ2n) is 9.27.